The minimum Gasteiger partial charge on any atom is -0.394 e. The molecule has 0 spiro atoms. The summed E-state index contributed by atoms with van der Waals surface area (Å²) in [5.74, 6) is -2.02. The summed E-state index contributed by atoms with van der Waals surface area (Å²) in [7, 11) is 0. The number of hydrogen-bond acceptors (Lipinski definition) is 5. The van der Waals surface area contributed by atoms with Gasteiger partial charge in [0.15, 0.2) is 23.3 Å². The summed E-state index contributed by atoms with van der Waals surface area (Å²) in [6.45, 7) is 4.12. The summed E-state index contributed by atoms with van der Waals surface area (Å²) in [6, 6.07) is 0.716. The molecule has 5 nitrogen and oxygen atoms in total. The summed E-state index contributed by atoms with van der Waals surface area (Å²) in [5.41, 5.74) is 4.80. The van der Waals surface area contributed by atoms with Crippen molar-refractivity contribution in [3.05, 3.63) is 17.7 Å². The van der Waals surface area contributed by atoms with Gasteiger partial charge in [-0.1, -0.05) is 0 Å². The number of pyridine rings is 1. The zero-order valence-electron chi connectivity index (χ0n) is 10.9. The van der Waals surface area contributed by atoms with Crippen molar-refractivity contribution in [2.45, 2.75) is 25.6 Å². The Hall–Kier alpha value is -1.47. The molecule has 0 aliphatic carbocycles. The second-order valence-corrected chi connectivity index (χ2v) is 5.22. The quantitative estimate of drug-likeness (QED) is 0.838. The van der Waals surface area contributed by atoms with Gasteiger partial charge in [-0.15, -0.1) is 0 Å². The van der Waals surface area contributed by atoms with E-state index in [1.165, 1.54) is 0 Å². The van der Waals surface area contributed by atoms with Crippen LogP contribution in [-0.2, 0) is 4.74 Å². The third-order valence-electron chi connectivity index (χ3n) is 2.92. The van der Waals surface area contributed by atoms with Crippen LogP contribution in [0.1, 0.15) is 13.8 Å². The number of aliphatic hydroxyl groups is 1. The Labute approximate surface area is 110 Å². The van der Waals surface area contributed by atoms with Crippen LogP contribution in [0, 0.1) is 11.6 Å². The fraction of sp³-hybridized carbons (Fsp3) is 0.583. The maximum atomic E-state index is 13.8. The molecule has 0 radical (unpaired) electrons. The molecule has 106 valence electrons. The summed E-state index contributed by atoms with van der Waals surface area (Å²) in [6.07, 6.45) is -0.448. The van der Waals surface area contributed by atoms with Gasteiger partial charge < -0.3 is 20.5 Å². The number of halogens is 2. The first-order valence-electron chi connectivity index (χ1n) is 5.97. The van der Waals surface area contributed by atoms with Gasteiger partial charge >= 0.3 is 0 Å². The highest BCUT2D eigenvalue weighted by atomic mass is 19.1. The number of ether oxygens (including phenoxy) is 1. The van der Waals surface area contributed by atoms with Crippen molar-refractivity contribution in [3.8, 4) is 0 Å². The molecule has 1 unspecified atom stereocenters. The van der Waals surface area contributed by atoms with E-state index in [0.717, 1.165) is 0 Å². The summed E-state index contributed by atoms with van der Waals surface area (Å²) in [4.78, 5) is 5.35. The fourth-order valence-electron chi connectivity index (χ4n) is 2.24. The Balaban J connectivity index is 2.33. The molecule has 0 saturated carbocycles. The Morgan fingerprint density at radius 1 is 1.53 bits per heavy atom. The van der Waals surface area contributed by atoms with Crippen LogP contribution < -0.4 is 10.6 Å². The molecule has 1 aliphatic heterocycles. The van der Waals surface area contributed by atoms with Gasteiger partial charge in [0.05, 0.1) is 18.3 Å². The lowest BCUT2D eigenvalue weighted by atomic mass is 10.1. The minimum atomic E-state index is -0.882. The van der Waals surface area contributed by atoms with Gasteiger partial charge in [0, 0.05) is 19.2 Å². The monoisotopic (exact) mass is 273 g/mol. The largest absolute Gasteiger partial charge is 0.394 e. The number of rotatable bonds is 2. The molecule has 3 N–H and O–H groups in total. The number of anilines is 2. The van der Waals surface area contributed by atoms with E-state index in [1.807, 2.05) is 13.8 Å². The molecule has 2 rings (SSSR count). The molecule has 1 aliphatic rings. The Bertz CT molecular complexity index is 482. The maximum absolute atomic E-state index is 13.8. The van der Waals surface area contributed by atoms with Crippen LogP contribution in [0.3, 0.4) is 0 Å². The molecule has 19 heavy (non-hydrogen) atoms. The molecule has 0 bridgehead atoms. The van der Waals surface area contributed by atoms with E-state index in [-0.39, 0.29) is 24.8 Å². The van der Waals surface area contributed by atoms with Crippen LogP contribution in [0.25, 0.3) is 0 Å². The van der Waals surface area contributed by atoms with E-state index in [9.17, 15) is 13.9 Å². The molecule has 7 heteroatoms. The number of nitrogens with zero attached hydrogens (tertiary/aromatic N) is 2. The van der Waals surface area contributed by atoms with Crippen LogP contribution in [0.15, 0.2) is 6.07 Å². The molecule has 1 saturated heterocycles. The van der Waals surface area contributed by atoms with Gasteiger partial charge in [0.2, 0.25) is 0 Å². The van der Waals surface area contributed by atoms with Crippen molar-refractivity contribution in [3.63, 3.8) is 0 Å². The molecule has 1 atom stereocenters. The van der Waals surface area contributed by atoms with Crippen LogP contribution in [0.4, 0.5) is 20.4 Å². The third-order valence-corrected chi connectivity index (χ3v) is 2.92. The second-order valence-electron chi connectivity index (χ2n) is 5.22. The fourth-order valence-corrected chi connectivity index (χ4v) is 2.24. The first kappa shape index (κ1) is 14.0. The van der Waals surface area contributed by atoms with Crippen LogP contribution in [-0.4, -0.2) is 41.5 Å². The second kappa shape index (κ2) is 4.90. The number of nitrogen functional groups attached to an aromatic ring is 1. The van der Waals surface area contributed by atoms with Gasteiger partial charge in [-0.05, 0) is 13.8 Å². The molecule has 1 aromatic heterocycles. The number of aliphatic hydroxyl groups excluding tert-OH is 1. The molecule has 2 heterocycles. The van der Waals surface area contributed by atoms with Gasteiger partial charge in [-0.3, -0.25) is 0 Å². The maximum Gasteiger partial charge on any atom is 0.168 e. The first-order chi connectivity index (χ1) is 8.82. The minimum absolute atomic E-state index is 0.0197. The lowest BCUT2D eigenvalue weighted by Crippen LogP contribution is -2.54. The predicted octanol–water partition coefficient (Wildman–Crippen LogP) is 0.918. The zero-order chi connectivity index (χ0) is 14.2. The average Bonchev–Trinajstić information content (AvgIpc) is 2.31. The van der Waals surface area contributed by atoms with E-state index < -0.39 is 23.3 Å². The van der Waals surface area contributed by atoms with Crippen molar-refractivity contribution in [1.82, 2.24) is 4.98 Å². The summed E-state index contributed by atoms with van der Waals surface area (Å²) < 4.78 is 32.5. The van der Waals surface area contributed by atoms with E-state index in [4.69, 9.17) is 10.5 Å². The summed E-state index contributed by atoms with van der Waals surface area (Å²) >= 11 is 0. The lowest BCUT2D eigenvalue weighted by molar-refractivity contribution is -0.101. The number of hydrogen-bond donors (Lipinski definition) is 2. The number of aromatic nitrogens is 1. The van der Waals surface area contributed by atoms with Crippen molar-refractivity contribution >= 4 is 11.6 Å². The number of morpholine rings is 1. The van der Waals surface area contributed by atoms with Gasteiger partial charge in [0.1, 0.15) is 0 Å². The van der Waals surface area contributed by atoms with Crippen molar-refractivity contribution in [1.29, 1.82) is 0 Å². The van der Waals surface area contributed by atoms with E-state index in [0.29, 0.717) is 12.6 Å². The zero-order valence-corrected chi connectivity index (χ0v) is 10.9. The Kier molecular flexibility index (Phi) is 3.60. The third kappa shape index (κ3) is 2.93. The van der Waals surface area contributed by atoms with E-state index in [1.54, 1.807) is 4.90 Å². The predicted molar refractivity (Wildman–Crippen MR) is 66.8 cm³/mol. The van der Waals surface area contributed by atoms with Crippen LogP contribution in [0.5, 0.6) is 0 Å². The van der Waals surface area contributed by atoms with Crippen molar-refractivity contribution in [2.24, 2.45) is 0 Å². The molecule has 1 fully saturated rings. The normalized spacial score (nSPS) is 22.6. The smallest absolute Gasteiger partial charge is 0.168 e. The lowest BCUT2D eigenvalue weighted by Gasteiger charge is -2.42. The summed E-state index contributed by atoms with van der Waals surface area (Å²) in [5, 5.41) is 9.21. The molecular formula is C12H17F2N3O2. The van der Waals surface area contributed by atoms with Gasteiger partial charge in [-0.2, -0.15) is 0 Å². The van der Waals surface area contributed by atoms with Gasteiger partial charge in [0.25, 0.3) is 0 Å². The molecule has 0 aromatic carbocycles. The number of nitrogens with two attached hydrogens (primary N) is 1. The molecular weight excluding hydrogens is 256 g/mol. The standard InChI is InChI=1S/C12H17F2N3O2/c1-12(2)6-17(4-7(5-18)19-12)11-9(14)3-8(13)10(15)16-11/h3,7,18H,4-6H2,1-2H3,(H2,15,16). The van der Waals surface area contributed by atoms with Crippen molar-refractivity contribution < 1.29 is 18.6 Å². The Morgan fingerprint density at radius 2 is 2.21 bits per heavy atom. The van der Waals surface area contributed by atoms with Gasteiger partial charge in [-0.25, -0.2) is 13.8 Å². The Morgan fingerprint density at radius 3 is 2.84 bits per heavy atom. The van der Waals surface area contributed by atoms with Crippen LogP contribution >= 0.6 is 0 Å². The van der Waals surface area contributed by atoms with E-state index in [2.05, 4.69) is 4.98 Å². The molecule has 0 amide bonds. The highest BCUT2D eigenvalue weighted by Crippen LogP contribution is 2.27. The topological polar surface area (TPSA) is 71.6 Å². The molecule has 1 aromatic rings. The highest BCUT2D eigenvalue weighted by molar-refractivity contribution is 5.48. The van der Waals surface area contributed by atoms with Crippen molar-refractivity contribution in [2.75, 3.05) is 30.3 Å². The SMILES string of the molecule is CC1(C)CN(c2nc(N)c(F)cc2F)CC(CO)O1. The average molecular weight is 273 g/mol. The first-order valence-corrected chi connectivity index (χ1v) is 5.97. The van der Waals surface area contributed by atoms with E-state index >= 15 is 0 Å². The van der Waals surface area contributed by atoms with Crippen LogP contribution in [0.2, 0.25) is 0 Å². The highest BCUT2D eigenvalue weighted by Gasteiger charge is 2.35.